The summed E-state index contributed by atoms with van der Waals surface area (Å²) in [5.41, 5.74) is 0. The second-order valence-electron chi connectivity index (χ2n) is 4.13. The average Bonchev–Trinajstić information content (AvgIpc) is 2.38. The number of nitrogens with zero attached hydrogens (tertiary/aromatic N) is 1. The molecule has 1 N–H and O–H groups in total. The van der Waals surface area contributed by atoms with Crippen molar-refractivity contribution in [2.75, 3.05) is 0 Å². The Morgan fingerprint density at radius 2 is 2.11 bits per heavy atom. The second-order valence-corrected chi connectivity index (χ2v) is 6.65. The van der Waals surface area contributed by atoms with Crippen LogP contribution in [0.2, 0.25) is 0 Å². The van der Waals surface area contributed by atoms with Crippen molar-refractivity contribution >= 4 is 27.7 Å². The third-order valence-corrected chi connectivity index (χ3v) is 5.67. The molecule has 18 heavy (non-hydrogen) atoms. The lowest BCUT2D eigenvalue weighted by Crippen LogP contribution is -2.24. The van der Waals surface area contributed by atoms with Crippen LogP contribution in [-0.4, -0.2) is 27.6 Å². The number of ether oxygens (including phenoxy) is 1. The Balaban J connectivity index is 1.69. The Morgan fingerprint density at radius 3 is 2.72 bits per heavy atom. The molecule has 4 nitrogen and oxygen atoms in total. The summed E-state index contributed by atoms with van der Waals surface area (Å²) in [4.78, 5) is 14.7. The smallest absolute Gasteiger partial charge is 0.450 e. The molecular formula is C12H15NO3S2. The van der Waals surface area contributed by atoms with Crippen LogP contribution in [0.15, 0.2) is 29.4 Å². The van der Waals surface area contributed by atoms with Crippen LogP contribution in [0, 0.1) is 0 Å². The quantitative estimate of drug-likeness (QED) is 0.670. The molecule has 98 valence electrons. The van der Waals surface area contributed by atoms with Crippen LogP contribution in [0.25, 0.3) is 0 Å². The van der Waals surface area contributed by atoms with Crippen LogP contribution in [0.3, 0.4) is 0 Å². The lowest BCUT2D eigenvalue weighted by atomic mass is 9.97. The van der Waals surface area contributed by atoms with E-state index in [-0.39, 0.29) is 6.10 Å². The molecule has 6 heteroatoms. The molecular weight excluding hydrogens is 270 g/mol. The first-order chi connectivity index (χ1) is 8.74. The zero-order valence-corrected chi connectivity index (χ0v) is 11.5. The van der Waals surface area contributed by atoms with E-state index in [2.05, 4.69) is 4.98 Å². The van der Waals surface area contributed by atoms with Crippen molar-refractivity contribution in [2.24, 2.45) is 0 Å². The van der Waals surface area contributed by atoms with Gasteiger partial charge in [-0.1, -0.05) is 16.9 Å². The molecule has 0 amide bonds. The van der Waals surface area contributed by atoms with Gasteiger partial charge in [0.05, 0.1) is 0 Å². The van der Waals surface area contributed by atoms with E-state index in [0.29, 0.717) is 5.25 Å². The highest BCUT2D eigenvalue weighted by molar-refractivity contribution is 8.76. The molecule has 0 radical (unpaired) electrons. The predicted molar refractivity (Wildman–Crippen MR) is 72.8 cm³/mol. The van der Waals surface area contributed by atoms with E-state index >= 15 is 0 Å². The van der Waals surface area contributed by atoms with E-state index < -0.39 is 6.16 Å². The average molecular weight is 285 g/mol. The lowest BCUT2D eigenvalue weighted by molar-refractivity contribution is 0.0366. The standard InChI is InChI=1S/C12H15NO3S2/c14-12(15)16-9-4-6-10(7-5-9)17-18-11-3-1-2-8-13-11/h1-3,8-10H,4-7H2,(H,14,15)/t9-,10-. The molecule has 1 fully saturated rings. The highest BCUT2D eigenvalue weighted by Gasteiger charge is 2.24. The summed E-state index contributed by atoms with van der Waals surface area (Å²) in [6.07, 6.45) is 4.18. The summed E-state index contributed by atoms with van der Waals surface area (Å²) >= 11 is 0. The van der Waals surface area contributed by atoms with Crippen molar-refractivity contribution in [2.45, 2.75) is 42.1 Å². The summed E-state index contributed by atoms with van der Waals surface area (Å²) < 4.78 is 4.79. The van der Waals surface area contributed by atoms with Gasteiger partial charge in [-0.3, -0.25) is 0 Å². The van der Waals surface area contributed by atoms with Crippen LogP contribution >= 0.6 is 21.6 Å². The van der Waals surface area contributed by atoms with Crippen molar-refractivity contribution in [3.63, 3.8) is 0 Å². The maximum absolute atomic E-state index is 10.4. The molecule has 2 rings (SSSR count). The minimum absolute atomic E-state index is 0.112. The molecule has 0 saturated heterocycles. The molecule has 1 heterocycles. The zero-order valence-electron chi connectivity index (χ0n) is 9.82. The predicted octanol–water partition coefficient (Wildman–Crippen LogP) is 3.83. The van der Waals surface area contributed by atoms with Gasteiger partial charge in [-0.05, 0) is 48.6 Å². The van der Waals surface area contributed by atoms with Gasteiger partial charge in [-0.25, -0.2) is 9.78 Å². The van der Waals surface area contributed by atoms with Crippen LogP contribution in [-0.2, 0) is 4.74 Å². The van der Waals surface area contributed by atoms with E-state index in [1.54, 1.807) is 17.0 Å². The molecule has 1 aromatic heterocycles. The number of hydrogen-bond donors (Lipinski definition) is 1. The highest BCUT2D eigenvalue weighted by Crippen LogP contribution is 2.39. The van der Waals surface area contributed by atoms with Crippen molar-refractivity contribution < 1.29 is 14.6 Å². The van der Waals surface area contributed by atoms with Gasteiger partial charge in [0, 0.05) is 11.4 Å². The molecule has 0 aromatic carbocycles. The minimum atomic E-state index is -1.16. The largest absolute Gasteiger partial charge is 0.506 e. The van der Waals surface area contributed by atoms with E-state index in [9.17, 15) is 4.79 Å². The first-order valence-corrected chi connectivity index (χ1v) is 8.09. The Hall–Kier alpha value is -0.880. The monoisotopic (exact) mass is 285 g/mol. The SMILES string of the molecule is O=C(O)O[C@H]1CC[C@H](SSc2ccccn2)CC1. The molecule has 1 aromatic rings. The first kappa shape index (κ1) is 13.5. The summed E-state index contributed by atoms with van der Waals surface area (Å²) in [6.45, 7) is 0. The van der Waals surface area contributed by atoms with Crippen molar-refractivity contribution in [1.82, 2.24) is 4.98 Å². The molecule has 0 unspecified atom stereocenters. The zero-order chi connectivity index (χ0) is 12.8. The number of carbonyl (C=O) groups is 1. The molecule has 0 atom stereocenters. The second kappa shape index (κ2) is 6.89. The fraction of sp³-hybridized carbons (Fsp3) is 0.500. The number of carboxylic acid groups (broad SMARTS) is 1. The number of rotatable bonds is 4. The first-order valence-electron chi connectivity index (χ1n) is 5.88. The van der Waals surface area contributed by atoms with Crippen molar-refractivity contribution in [3.8, 4) is 0 Å². The van der Waals surface area contributed by atoms with Gasteiger partial charge < -0.3 is 9.84 Å². The third kappa shape index (κ3) is 4.42. The van der Waals surface area contributed by atoms with Crippen LogP contribution in [0.4, 0.5) is 4.79 Å². The lowest BCUT2D eigenvalue weighted by Gasteiger charge is -2.26. The van der Waals surface area contributed by atoms with Gasteiger partial charge in [-0.15, -0.1) is 0 Å². The minimum Gasteiger partial charge on any atom is -0.450 e. The van der Waals surface area contributed by atoms with Crippen molar-refractivity contribution in [3.05, 3.63) is 24.4 Å². The van der Waals surface area contributed by atoms with E-state index in [4.69, 9.17) is 9.84 Å². The van der Waals surface area contributed by atoms with Gasteiger partial charge in [0.1, 0.15) is 11.1 Å². The maximum Gasteiger partial charge on any atom is 0.506 e. The fourth-order valence-electron chi connectivity index (χ4n) is 1.90. The van der Waals surface area contributed by atoms with Crippen LogP contribution in [0.1, 0.15) is 25.7 Å². The van der Waals surface area contributed by atoms with Gasteiger partial charge >= 0.3 is 6.16 Å². The van der Waals surface area contributed by atoms with E-state index in [1.807, 2.05) is 29.0 Å². The Morgan fingerprint density at radius 1 is 1.33 bits per heavy atom. The molecule has 0 aliphatic heterocycles. The summed E-state index contributed by atoms with van der Waals surface area (Å²) in [5.74, 6) is 0. The van der Waals surface area contributed by atoms with Gasteiger partial charge in [0.2, 0.25) is 0 Å². The molecule has 1 saturated carbocycles. The van der Waals surface area contributed by atoms with Gasteiger partial charge in [0.25, 0.3) is 0 Å². The van der Waals surface area contributed by atoms with Crippen LogP contribution in [0.5, 0.6) is 0 Å². The van der Waals surface area contributed by atoms with E-state index in [0.717, 1.165) is 30.7 Å². The summed E-state index contributed by atoms with van der Waals surface area (Å²) in [7, 11) is 3.51. The molecule has 1 aliphatic rings. The molecule has 0 bridgehead atoms. The Kier molecular flexibility index (Phi) is 5.19. The number of aromatic nitrogens is 1. The van der Waals surface area contributed by atoms with Gasteiger partial charge in [-0.2, -0.15) is 0 Å². The molecule has 1 aliphatic carbocycles. The van der Waals surface area contributed by atoms with Crippen LogP contribution < -0.4 is 0 Å². The van der Waals surface area contributed by atoms with Gasteiger partial charge in [0.15, 0.2) is 0 Å². The van der Waals surface area contributed by atoms with Crippen molar-refractivity contribution in [1.29, 1.82) is 0 Å². The fourth-order valence-corrected chi connectivity index (χ4v) is 4.42. The van der Waals surface area contributed by atoms with E-state index in [1.165, 1.54) is 0 Å². The Bertz CT molecular complexity index is 380. The summed E-state index contributed by atoms with van der Waals surface area (Å²) in [6, 6.07) is 5.88. The normalized spacial score (nSPS) is 23.6. The number of pyridine rings is 1. The highest BCUT2D eigenvalue weighted by atomic mass is 33.1. The third-order valence-electron chi connectivity index (χ3n) is 2.80. The number of hydrogen-bond acceptors (Lipinski definition) is 5. The Labute approximate surface area is 114 Å². The molecule has 0 spiro atoms. The maximum atomic E-state index is 10.4. The topological polar surface area (TPSA) is 59.4 Å². The summed E-state index contributed by atoms with van der Waals surface area (Å²) in [5, 5.41) is 10.1.